The van der Waals surface area contributed by atoms with Gasteiger partial charge in [-0.3, -0.25) is 9.78 Å². The zero-order valence-electron chi connectivity index (χ0n) is 19.0. The molecule has 9 heteroatoms. The molecular formula is C24H26N4O5. The molecule has 0 unspecified atom stereocenters. The number of hydrogen-bond acceptors (Lipinski definition) is 8. The van der Waals surface area contributed by atoms with Crippen molar-refractivity contribution in [1.82, 2.24) is 15.4 Å². The van der Waals surface area contributed by atoms with Gasteiger partial charge in [0.1, 0.15) is 17.2 Å². The Kier molecular flexibility index (Phi) is 8.18. The van der Waals surface area contributed by atoms with Gasteiger partial charge in [0, 0.05) is 17.2 Å². The van der Waals surface area contributed by atoms with E-state index in [1.807, 2.05) is 38.1 Å². The summed E-state index contributed by atoms with van der Waals surface area (Å²) in [6.07, 6.45) is 4.42. The molecule has 0 aliphatic heterocycles. The minimum absolute atomic E-state index is 0.131. The Morgan fingerprint density at radius 1 is 1.00 bits per heavy atom. The lowest BCUT2D eigenvalue weighted by atomic mass is 10.1. The number of carbonyl (C=O) groups is 1. The number of aromatic nitrogens is 2. The van der Waals surface area contributed by atoms with E-state index in [1.54, 1.807) is 25.4 Å². The van der Waals surface area contributed by atoms with Crippen molar-refractivity contribution in [3.63, 3.8) is 0 Å². The summed E-state index contributed by atoms with van der Waals surface area (Å²) < 4.78 is 21.8. The molecule has 0 aliphatic carbocycles. The number of nitrogens with one attached hydrogen (secondary N) is 1. The molecule has 0 fully saturated rings. The van der Waals surface area contributed by atoms with E-state index in [1.165, 1.54) is 19.5 Å². The first-order chi connectivity index (χ1) is 16.1. The topological polar surface area (TPSA) is 104 Å². The molecular weight excluding hydrogens is 424 g/mol. The minimum atomic E-state index is -0.501. The van der Waals surface area contributed by atoms with Crippen LogP contribution in [0.5, 0.6) is 23.0 Å². The first-order valence-electron chi connectivity index (χ1n) is 10.4. The molecule has 1 aromatic heterocycles. The third kappa shape index (κ3) is 5.97. The molecule has 0 spiro atoms. The first-order valence-corrected chi connectivity index (χ1v) is 10.4. The lowest BCUT2D eigenvalue weighted by Crippen LogP contribution is -2.19. The second-order valence-electron chi connectivity index (χ2n) is 6.63. The van der Waals surface area contributed by atoms with Gasteiger partial charge in [-0.05, 0) is 44.2 Å². The number of methoxy groups -OCH3 is 2. The number of nitrogens with zero attached hydrogens (tertiary/aromatic N) is 3. The number of benzene rings is 2. The van der Waals surface area contributed by atoms with E-state index in [0.717, 1.165) is 11.3 Å². The van der Waals surface area contributed by atoms with Crippen LogP contribution in [0.1, 0.15) is 29.9 Å². The molecule has 0 radical (unpaired) electrons. The van der Waals surface area contributed by atoms with Crippen molar-refractivity contribution in [2.24, 2.45) is 5.10 Å². The Labute approximate surface area is 192 Å². The van der Waals surface area contributed by atoms with E-state index in [9.17, 15) is 4.79 Å². The molecule has 1 amide bonds. The quantitative estimate of drug-likeness (QED) is 0.371. The molecule has 0 atom stereocenters. The van der Waals surface area contributed by atoms with Crippen molar-refractivity contribution in [3.8, 4) is 34.3 Å². The van der Waals surface area contributed by atoms with Gasteiger partial charge in [0.25, 0.3) is 5.91 Å². The van der Waals surface area contributed by atoms with E-state index >= 15 is 0 Å². The molecule has 0 aliphatic rings. The van der Waals surface area contributed by atoms with Crippen LogP contribution in [0.15, 0.2) is 53.9 Å². The molecule has 1 N–H and O–H groups in total. The highest BCUT2D eigenvalue weighted by atomic mass is 16.5. The van der Waals surface area contributed by atoms with Gasteiger partial charge >= 0.3 is 0 Å². The molecule has 3 rings (SSSR count). The van der Waals surface area contributed by atoms with Gasteiger partial charge in [0.15, 0.2) is 11.5 Å². The van der Waals surface area contributed by atoms with E-state index in [2.05, 4.69) is 20.5 Å². The Bertz CT molecular complexity index is 1120. The van der Waals surface area contributed by atoms with Crippen molar-refractivity contribution >= 4 is 12.1 Å². The van der Waals surface area contributed by atoms with Gasteiger partial charge in [-0.1, -0.05) is 0 Å². The van der Waals surface area contributed by atoms with Crippen LogP contribution in [-0.4, -0.2) is 49.5 Å². The fourth-order valence-electron chi connectivity index (χ4n) is 2.98. The van der Waals surface area contributed by atoms with Crippen LogP contribution in [-0.2, 0) is 0 Å². The molecule has 0 saturated heterocycles. The smallest absolute Gasteiger partial charge is 0.291 e. The van der Waals surface area contributed by atoms with Gasteiger partial charge in [0.2, 0.25) is 0 Å². The van der Waals surface area contributed by atoms with Crippen LogP contribution in [0.25, 0.3) is 11.3 Å². The minimum Gasteiger partial charge on any atom is -0.497 e. The fraction of sp³-hybridized carbons (Fsp3) is 0.250. The molecule has 1 heterocycles. The number of rotatable bonds is 10. The number of hydrazone groups is 1. The van der Waals surface area contributed by atoms with Gasteiger partial charge in [-0.2, -0.15) is 5.10 Å². The van der Waals surface area contributed by atoms with Gasteiger partial charge < -0.3 is 18.9 Å². The molecule has 9 nitrogen and oxygen atoms in total. The molecule has 33 heavy (non-hydrogen) atoms. The Hall–Kier alpha value is -4.14. The van der Waals surface area contributed by atoms with Crippen molar-refractivity contribution in [1.29, 1.82) is 0 Å². The van der Waals surface area contributed by atoms with Crippen molar-refractivity contribution in [2.75, 3.05) is 27.4 Å². The van der Waals surface area contributed by atoms with Crippen molar-refractivity contribution in [3.05, 3.63) is 60.0 Å². The van der Waals surface area contributed by atoms with Crippen molar-refractivity contribution < 1.29 is 23.7 Å². The van der Waals surface area contributed by atoms with Crippen LogP contribution in [0.3, 0.4) is 0 Å². The summed E-state index contributed by atoms with van der Waals surface area (Å²) in [5, 5.41) is 4.05. The maximum Gasteiger partial charge on any atom is 0.291 e. The summed E-state index contributed by atoms with van der Waals surface area (Å²) in [4.78, 5) is 21.1. The van der Waals surface area contributed by atoms with Gasteiger partial charge in [-0.25, -0.2) is 10.4 Å². The summed E-state index contributed by atoms with van der Waals surface area (Å²) in [7, 11) is 3.09. The monoisotopic (exact) mass is 450 g/mol. The molecule has 172 valence electrons. The summed E-state index contributed by atoms with van der Waals surface area (Å²) in [6.45, 7) is 4.81. The van der Waals surface area contributed by atoms with E-state index in [-0.39, 0.29) is 5.69 Å². The normalized spacial score (nSPS) is 10.7. The molecule has 0 bridgehead atoms. The highest BCUT2D eigenvalue weighted by molar-refractivity contribution is 5.94. The van der Waals surface area contributed by atoms with Crippen LogP contribution in [0.4, 0.5) is 0 Å². The Balaban J connectivity index is 1.77. The molecule has 3 aromatic rings. The zero-order chi connectivity index (χ0) is 23.6. The maximum absolute atomic E-state index is 12.6. The Morgan fingerprint density at radius 3 is 2.42 bits per heavy atom. The highest BCUT2D eigenvalue weighted by Crippen LogP contribution is 2.35. The molecule has 2 aromatic carbocycles. The SMILES string of the molecule is CCOc1ccc(-c2cncc(C(=O)N/N=C/c3cc(OC)cc(OC)c3OCC)n2)cc1. The van der Waals surface area contributed by atoms with Gasteiger partial charge in [-0.15, -0.1) is 0 Å². The predicted octanol–water partition coefficient (Wildman–Crippen LogP) is 3.72. The highest BCUT2D eigenvalue weighted by Gasteiger charge is 2.13. The lowest BCUT2D eigenvalue weighted by molar-refractivity contribution is 0.0950. The van der Waals surface area contributed by atoms with E-state index in [4.69, 9.17) is 18.9 Å². The summed E-state index contributed by atoms with van der Waals surface area (Å²) in [6, 6.07) is 10.9. The summed E-state index contributed by atoms with van der Waals surface area (Å²) in [5.41, 5.74) is 4.56. The largest absolute Gasteiger partial charge is 0.497 e. The third-order valence-electron chi connectivity index (χ3n) is 4.50. The van der Waals surface area contributed by atoms with E-state index in [0.29, 0.717) is 41.7 Å². The summed E-state index contributed by atoms with van der Waals surface area (Å²) >= 11 is 0. The first kappa shape index (κ1) is 23.5. The second-order valence-corrected chi connectivity index (χ2v) is 6.63. The van der Waals surface area contributed by atoms with Crippen LogP contribution in [0, 0.1) is 0 Å². The second kappa shape index (κ2) is 11.5. The average molecular weight is 450 g/mol. The third-order valence-corrected chi connectivity index (χ3v) is 4.50. The number of carbonyl (C=O) groups excluding carboxylic acids is 1. The number of amides is 1. The Morgan fingerprint density at radius 2 is 1.76 bits per heavy atom. The lowest BCUT2D eigenvalue weighted by Gasteiger charge is -2.13. The van der Waals surface area contributed by atoms with E-state index < -0.39 is 5.91 Å². The average Bonchev–Trinajstić information content (AvgIpc) is 2.85. The van der Waals surface area contributed by atoms with Gasteiger partial charge in [0.05, 0.1) is 51.7 Å². The van der Waals surface area contributed by atoms with Crippen LogP contribution < -0.4 is 24.4 Å². The van der Waals surface area contributed by atoms with Crippen molar-refractivity contribution in [2.45, 2.75) is 13.8 Å². The number of ether oxygens (including phenoxy) is 4. The summed E-state index contributed by atoms with van der Waals surface area (Å²) in [5.74, 6) is 1.82. The zero-order valence-corrected chi connectivity index (χ0v) is 19.0. The standard InChI is InChI=1S/C24H26N4O5/c1-5-32-18-9-7-16(8-10-18)20-14-25-15-21(27-20)24(29)28-26-13-17-11-19(30-3)12-22(31-4)23(17)33-6-2/h7-15H,5-6H2,1-4H3,(H,28,29)/b26-13+. The number of hydrogen-bond donors (Lipinski definition) is 1. The molecule has 0 saturated carbocycles. The van der Waals surface area contributed by atoms with Crippen LogP contribution >= 0.6 is 0 Å². The fourth-order valence-corrected chi connectivity index (χ4v) is 2.98. The predicted molar refractivity (Wildman–Crippen MR) is 124 cm³/mol. The maximum atomic E-state index is 12.6. The van der Waals surface area contributed by atoms with Crippen LogP contribution in [0.2, 0.25) is 0 Å².